The van der Waals surface area contributed by atoms with Crippen molar-refractivity contribution in [2.45, 2.75) is 19.8 Å². The van der Waals surface area contributed by atoms with E-state index >= 15 is 0 Å². The highest BCUT2D eigenvalue weighted by Gasteiger charge is 2.02. The van der Waals surface area contributed by atoms with E-state index in [1.165, 1.54) is 6.20 Å². The zero-order valence-electron chi connectivity index (χ0n) is 9.18. The molecule has 0 aliphatic heterocycles. The monoisotopic (exact) mass is 225 g/mol. The van der Waals surface area contributed by atoms with E-state index in [0.29, 0.717) is 31.9 Å². The number of nitrogen functional groups attached to an aromatic ring is 1. The Morgan fingerprint density at radius 2 is 2.38 bits per heavy atom. The summed E-state index contributed by atoms with van der Waals surface area (Å²) in [5.41, 5.74) is 5.45. The SMILES string of the molecule is CCOC(=O)CCCOc1nccc(N)n1. The molecule has 0 spiro atoms. The van der Waals surface area contributed by atoms with E-state index in [9.17, 15) is 4.79 Å². The van der Waals surface area contributed by atoms with Crippen LogP contribution in [0.4, 0.5) is 5.82 Å². The van der Waals surface area contributed by atoms with E-state index in [1.54, 1.807) is 13.0 Å². The maximum absolute atomic E-state index is 11.0. The van der Waals surface area contributed by atoms with Gasteiger partial charge in [0.15, 0.2) is 0 Å². The molecule has 0 atom stereocenters. The van der Waals surface area contributed by atoms with Crippen LogP contribution < -0.4 is 10.5 Å². The second kappa shape index (κ2) is 6.60. The minimum Gasteiger partial charge on any atom is -0.466 e. The van der Waals surface area contributed by atoms with E-state index in [4.69, 9.17) is 15.2 Å². The molecule has 0 amide bonds. The molecule has 1 aromatic rings. The molecule has 1 aromatic heterocycles. The van der Waals surface area contributed by atoms with Crippen LogP contribution in [0.25, 0.3) is 0 Å². The van der Waals surface area contributed by atoms with Gasteiger partial charge in [-0.2, -0.15) is 4.98 Å². The van der Waals surface area contributed by atoms with Crippen LogP contribution in [0.15, 0.2) is 12.3 Å². The second-order valence-corrected chi connectivity index (χ2v) is 3.02. The third-order valence-corrected chi connectivity index (χ3v) is 1.72. The molecule has 6 heteroatoms. The first-order chi connectivity index (χ1) is 7.72. The molecule has 0 saturated carbocycles. The van der Waals surface area contributed by atoms with Gasteiger partial charge in [0, 0.05) is 12.6 Å². The van der Waals surface area contributed by atoms with Crippen molar-refractivity contribution in [3.63, 3.8) is 0 Å². The number of hydrogen-bond donors (Lipinski definition) is 1. The minimum atomic E-state index is -0.223. The first-order valence-electron chi connectivity index (χ1n) is 5.09. The number of carbonyl (C=O) groups is 1. The van der Waals surface area contributed by atoms with Crippen molar-refractivity contribution in [2.75, 3.05) is 18.9 Å². The summed E-state index contributed by atoms with van der Waals surface area (Å²) in [7, 11) is 0. The first kappa shape index (κ1) is 12.2. The van der Waals surface area contributed by atoms with Gasteiger partial charge in [0.2, 0.25) is 0 Å². The average molecular weight is 225 g/mol. The van der Waals surface area contributed by atoms with Crippen molar-refractivity contribution in [1.82, 2.24) is 9.97 Å². The summed E-state index contributed by atoms with van der Waals surface area (Å²) in [5, 5.41) is 0. The van der Waals surface area contributed by atoms with Crippen LogP contribution in [-0.4, -0.2) is 29.2 Å². The van der Waals surface area contributed by atoms with E-state index in [1.807, 2.05) is 0 Å². The van der Waals surface area contributed by atoms with E-state index < -0.39 is 0 Å². The van der Waals surface area contributed by atoms with Gasteiger partial charge in [-0.05, 0) is 19.4 Å². The lowest BCUT2D eigenvalue weighted by atomic mass is 10.3. The molecule has 0 aromatic carbocycles. The highest BCUT2D eigenvalue weighted by Crippen LogP contribution is 2.04. The Labute approximate surface area is 93.8 Å². The Hall–Kier alpha value is -1.85. The topological polar surface area (TPSA) is 87.3 Å². The fourth-order valence-corrected chi connectivity index (χ4v) is 1.04. The van der Waals surface area contributed by atoms with Crippen LogP contribution in [0.2, 0.25) is 0 Å². The van der Waals surface area contributed by atoms with Crippen LogP contribution in [0.3, 0.4) is 0 Å². The molecule has 88 valence electrons. The van der Waals surface area contributed by atoms with Gasteiger partial charge < -0.3 is 15.2 Å². The van der Waals surface area contributed by atoms with Crippen molar-refractivity contribution >= 4 is 11.8 Å². The van der Waals surface area contributed by atoms with Crippen LogP contribution in [-0.2, 0) is 9.53 Å². The van der Waals surface area contributed by atoms with Crippen molar-refractivity contribution in [3.05, 3.63) is 12.3 Å². The van der Waals surface area contributed by atoms with Crippen LogP contribution >= 0.6 is 0 Å². The number of rotatable bonds is 6. The lowest BCUT2D eigenvalue weighted by Gasteiger charge is -2.04. The normalized spacial score (nSPS) is 9.81. The zero-order chi connectivity index (χ0) is 11.8. The quantitative estimate of drug-likeness (QED) is 0.568. The van der Waals surface area contributed by atoms with Gasteiger partial charge in [-0.15, -0.1) is 0 Å². The Balaban J connectivity index is 2.18. The third kappa shape index (κ3) is 4.59. The maximum Gasteiger partial charge on any atom is 0.318 e. The van der Waals surface area contributed by atoms with Gasteiger partial charge in [0.1, 0.15) is 5.82 Å². The Morgan fingerprint density at radius 1 is 1.56 bits per heavy atom. The number of nitrogens with two attached hydrogens (primary N) is 1. The highest BCUT2D eigenvalue weighted by atomic mass is 16.5. The van der Waals surface area contributed by atoms with Gasteiger partial charge in [0.25, 0.3) is 0 Å². The summed E-state index contributed by atoms with van der Waals surface area (Å²) in [5.74, 6) is 0.134. The Bertz CT molecular complexity index is 344. The zero-order valence-corrected chi connectivity index (χ0v) is 9.18. The number of anilines is 1. The number of hydrogen-bond acceptors (Lipinski definition) is 6. The standard InChI is InChI=1S/C10H15N3O3/c1-2-15-9(14)4-3-7-16-10-12-6-5-8(11)13-10/h5-6H,2-4,7H2,1H3,(H2,11,12,13). The molecule has 6 nitrogen and oxygen atoms in total. The number of esters is 1. The average Bonchev–Trinajstić information content (AvgIpc) is 2.25. The molecule has 0 saturated heterocycles. The molecular weight excluding hydrogens is 210 g/mol. The van der Waals surface area contributed by atoms with E-state index in [-0.39, 0.29) is 12.0 Å². The molecular formula is C10H15N3O3. The van der Waals surface area contributed by atoms with Gasteiger partial charge in [0.05, 0.1) is 13.2 Å². The van der Waals surface area contributed by atoms with Gasteiger partial charge in [-0.3, -0.25) is 4.79 Å². The van der Waals surface area contributed by atoms with Crippen molar-refractivity contribution < 1.29 is 14.3 Å². The molecule has 0 fully saturated rings. The summed E-state index contributed by atoms with van der Waals surface area (Å²) in [4.78, 5) is 18.7. The fraction of sp³-hybridized carbons (Fsp3) is 0.500. The van der Waals surface area contributed by atoms with E-state index in [0.717, 1.165) is 0 Å². The van der Waals surface area contributed by atoms with Crippen LogP contribution in [0, 0.1) is 0 Å². The minimum absolute atomic E-state index is 0.223. The molecule has 0 radical (unpaired) electrons. The Morgan fingerprint density at radius 3 is 3.06 bits per heavy atom. The van der Waals surface area contributed by atoms with Crippen molar-refractivity contribution in [3.8, 4) is 6.01 Å². The Kier molecular flexibility index (Phi) is 5.04. The van der Waals surface area contributed by atoms with Gasteiger partial charge >= 0.3 is 12.0 Å². The van der Waals surface area contributed by atoms with Crippen molar-refractivity contribution in [2.24, 2.45) is 0 Å². The molecule has 0 aliphatic carbocycles. The predicted molar refractivity (Wildman–Crippen MR) is 57.8 cm³/mol. The van der Waals surface area contributed by atoms with Crippen molar-refractivity contribution in [1.29, 1.82) is 0 Å². The summed E-state index contributed by atoms with van der Waals surface area (Å²) in [6.45, 7) is 2.54. The second-order valence-electron chi connectivity index (χ2n) is 3.02. The molecule has 0 unspecified atom stereocenters. The van der Waals surface area contributed by atoms with Crippen LogP contribution in [0.1, 0.15) is 19.8 Å². The molecule has 1 rings (SSSR count). The fourth-order valence-electron chi connectivity index (χ4n) is 1.04. The number of carbonyl (C=O) groups excluding carboxylic acids is 1. The lowest BCUT2D eigenvalue weighted by Crippen LogP contribution is -2.08. The first-order valence-corrected chi connectivity index (χ1v) is 5.09. The molecule has 0 bridgehead atoms. The summed E-state index contributed by atoms with van der Waals surface area (Å²) >= 11 is 0. The summed E-state index contributed by atoms with van der Waals surface area (Å²) in [6, 6.07) is 1.80. The largest absolute Gasteiger partial charge is 0.466 e. The summed E-state index contributed by atoms with van der Waals surface area (Å²) < 4.78 is 9.97. The maximum atomic E-state index is 11.0. The third-order valence-electron chi connectivity index (χ3n) is 1.72. The number of nitrogens with zero attached hydrogens (tertiary/aromatic N) is 2. The molecule has 1 heterocycles. The smallest absolute Gasteiger partial charge is 0.318 e. The molecule has 16 heavy (non-hydrogen) atoms. The highest BCUT2D eigenvalue weighted by molar-refractivity contribution is 5.69. The summed E-state index contributed by atoms with van der Waals surface area (Å²) in [6.07, 6.45) is 2.41. The molecule has 0 aliphatic rings. The number of ether oxygens (including phenoxy) is 2. The number of aromatic nitrogens is 2. The van der Waals surface area contributed by atoms with Crippen LogP contribution in [0.5, 0.6) is 6.01 Å². The lowest BCUT2D eigenvalue weighted by molar-refractivity contribution is -0.143. The van der Waals surface area contributed by atoms with Gasteiger partial charge in [-0.25, -0.2) is 4.98 Å². The van der Waals surface area contributed by atoms with Gasteiger partial charge in [-0.1, -0.05) is 0 Å². The van der Waals surface area contributed by atoms with E-state index in [2.05, 4.69) is 9.97 Å². The predicted octanol–water partition coefficient (Wildman–Crippen LogP) is 0.781. The molecule has 2 N–H and O–H groups in total.